The van der Waals surface area contributed by atoms with E-state index in [-0.39, 0.29) is 5.91 Å². The molecule has 0 radical (unpaired) electrons. The molecule has 0 aromatic carbocycles. The van der Waals surface area contributed by atoms with Gasteiger partial charge in [-0.2, -0.15) is 0 Å². The third-order valence-electron chi connectivity index (χ3n) is 2.38. The second kappa shape index (κ2) is 4.85. The van der Waals surface area contributed by atoms with Gasteiger partial charge in [0.1, 0.15) is 0 Å². The van der Waals surface area contributed by atoms with Crippen molar-refractivity contribution in [3.05, 3.63) is 0 Å². The lowest BCUT2D eigenvalue weighted by molar-refractivity contribution is -0.121. The number of nitrogens with one attached hydrogen (secondary N) is 1. The summed E-state index contributed by atoms with van der Waals surface area (Å²) in [5.74, 6) is 0.977. The number of carbonyl (C=O) groups excluding carboxylic acids is 1. The smallest absolute Gasteiger partial charge is 0.221 e. The molecule has 3 heteroatoms. The molecule has 2 unspecified atom stereocenters. The maximum absolute atomic E-state index is 11.2. The molecule has 1 aliphatic rings. The van der Waals surface area contributed by atoms with E-state index in [9.17, 15) is 4.79 Å². The van der Waals surface area contributed by atoms with Gasteiger partial charge in [-0.3, -0.25) is 4.79 Å². The minimum absolute atomic E-state index is 0.186. The van der Waals surface area contributed by atoms with E-state index in [2.05, 4.69) is 28.2 Å². The molecular weight excluding hydrogens is 218 g/mol. The van der Waals surface area contributed by atoms with Crippen molar-refractivity contribution in [3.63, 3.8) is 0 Å². The minimum Gasteiger partial charge on any atom is -0.353 e. The molecule has 0 bridgehead atoms. The van der Waals surface area contributed by atoms with Crippen LogP contribution in [0.5, 0.6) is 0 Å². The monoisotopic (exact) mass is 233 g/mol. The molecule has 1 N–H and O–H groups in total. The Balaban J connectivity index is 2.18. The summed E-state index contributed by atoms with van der Waals surface area (Å²) in [5.41, 5.74) is 0. The van der Waals surface area contributed by atoms with E-state index in [1.807, 2.05) is 0 Å². The Morgan fingerprint density at radius 1 is 1.58 bits per heavy atom. The van der Waals surface area contributed by atoms with Gasteiger partial charge in [-0.05, 0) is 25.2 Å². The third kappa shape index (κ3) is 3.13. The van der Waals surface area contributed by atoms with Crippen LogP contribution in [0, 0.1) is 5.92 Å². The predicted molar refractivity (Wildman–Crippen MR) is 53.4 cm³/mol. The van der Waals surface area contributed by atoms with E-state index in [1.54, 1.807) is 0 Å². The maximum Gasteiger partial charge on any atom is 0.221 e. The quantitative estimate of drug-likeness (QED) is 0.744. The van der Waals surface area contributed by atoms with E-state index in [4.69, 9.17) is 0 Å². The van der Waals surface area contributed by atoms with E-state index in [0.29, 0.717) is 12.5 Å². The van der Waals surface area contributed by atoms with Crippen molar-refractivity contribution in [1.29, 1.82) is 0 Å². The summed E-state index contributed by atoms with van der Waals surface area (Å²) in [7, 11) is 0. The van der Waals surface area contributed by atoms with Crippen LogP contribution in [0.15, 0.2) is 0 Å². The number of halogens is 1. The molecule has 0 spiro atoms. The Hall–Kier alpha value is -0.0500. The molecule has 0 aromatic rings. The van der Waals surface area contributed by atoms with E-state index >= 15 is 0 Å². The minimum atomic E-state index is 0.186. The van der Waals surface area contributed by atoms with Crippen LogP contribution in [0.3, 0.4) is 0 Å². The molecule has 2 atom stereocenters. The Morgan fingerprint density at radius 3 is 2.83 bits per heavy atom. The molecule has 12 heavy (non-hydrogen) atoms. The fourth-order valence-electron chi connectivity index (χ4n) is 1.72. The van der Waals surface area contributed by atoms with Crippen molar-refractivity contribution < 1.29 is 4.79 Å². The van der Waals surface area contributed by atoms with Gasteiger partial charge in [0.25, 0.3) is 0 Å². The fourth-order valence-corrected chi connectivity index (χ4v) is 2.08. The lowest BCUT2D eigenvalue weighted by Gasteiger charge is -2.11. The van der Waals surface area contributed by atoms with Gasteiger partial charge < -0.3 is 5.32 Å². The summed E-state index contributed by atoms with van der Waals surface area (Å²) in [6, 6.07) is 0.451. The van der Waals surface area contributed by atoms with Gasteiger partial charge in [-0.15, -0.1) is 0 Å². The molecule has 1 aliphatic carbocycles. The van der Waals surface area contributed by atoms with Crippen molar-refractivity contribution in [3.8, 4) is 0 Å². The zero-order valence-corrected chi connectivity index (χ0v) is 9.06. The van der Waals surface area contributed by atoms with Crippen molar-refractivity contribution >= 4 is 21.8 Å². The topological polar surface area (TPSA) is 29.1 Å². The number of rotatable bonds is 3. The third-order valence-corrected chi connectivity index (χ3v) is 2.78. The molecule has 2 nitrogen and oxygen atoms in total. The van der Waals surface area contributed by atoms with Crippen molar-refractivity contribution in [2.45, 2.75) is 38.6 Å². The Labute approximate surface area is 82.2 Å². The second-order valence-electron chi connectivity index (χ2n) is 3.62. The highest BCUT2D eigenvalue weighted by Crippen LogP contribution is 2.24. The van der Waals surface area contributed by atoms with Gasteiger partial charge in [0.2, 0.25) is 5.91 Å². The largest absolute Gasteiger partial charge is 0.353 e. The van der Waals surface area contributed by atoms with Gasteiger partial charge in [0.15, 0.2) is 0 Å². The van der Waals surface area contributed by atoms with E-state index in [0.717, 1.165) is 24.1 Å². The number of hydrogen-bond donors (Lipinski definition) is 1. The molecule has 0 heterocycles. The zero-order chi connectivity index (χ0) is 8.97. The number of carbonyl (C=O) groups is 1. The van der Waals surface area contributed by atoms with Crippen LogP contribution in [0.25, 0.3) is 0 Å². The molecule has 1 fully saturated rings. The normalized spacial score (nSPS) is 28.8. The summed E-state index contributed by atoms with van der Waals surface area (Å²) >= 11 is 3.25. The summed E-state index contributed by atoms with van der Waals surface area (Å²) in [6.45, 7) is 2.25. The highest BCUT2D eigenvalue weighted by atomic mass is 79.9. The van der Waals surface area contributed by atoms with Crippen LogP contribution >= 0.6 is 15.9 Å². The summed E-state index contributed by atoms with van der Waals surface area (Å²) in [4.78, 5) is 11.2. The lowest BCUT2D eigenvalue weighted by Crippen LogP contribution is -2.32. The number of amides is 1. The first-order chi connectivity index (χ1) is 5.72. The molecule has 70 valence electrons. The standard InChI is InChI=1S/C9H16BrNO/c1-7-2-3-8(6-7)11-9(12)4-5-10/h7-8H,2-6H2,1H3,(H,11,12). The van der Waals surface area contributed by atoms with Crippen molar-refractivity contribution in [2.24, 2.45) is 5.92 Å². The average Bonchev–Trinajstić information content (AvgIpc) is 2.36. The van der Waals surface area contributed by atoms with Gasteiger partial charge in [-0.1, -0.05) is 22.9 Å². The Morgan fingerprint density at radius 2 is 2.33 bits per heavy atom. The second-order valence-corrected chi connectivity index (χ2v) is 4.41. The van der Waals surface area contributed by atoms with E-state index < -0.39 is 0 Å². The van der Waals surface area contributed by atoms with Gasteiger partial charge in [0.05, 0.1) is 0 Å². The first-order valence-electron chi connectivity index (χ1n) is 4.57. The Bertz CT molecular complexity index is 161. The number of alkyl halides is 1. The average molecular weight is 234 g/mol. The molecule has 0 saturated heterocycles. The van der Waals surface area contributed by atoms with Crippen LogP contribution < -0.4 is 5.32 Å². The molecule has 1 rings (SSSR count). The van der Waals surface area contributed by atoms with Crippen LogP contribution in [0.1, 0.15) is 32.6 Å². The summed E-state index contributed by atoms with van der Waals surface area (Å²) < 4.78 is 0. The number of hydrogen-bond acceptors (Lipinski definition) is 1. The molecule has 0 aliphatic heterocycles. The fraction of sp³-hybridized carbons (Fsp3) is 0.889. The van der Waals surface area contributed by atoms with Crippen LogP contribution in [0.2, 0.25) is 0 Å². The van der Waals surface area contributed by atoms with Crippen LogP contribution in [0.4, 0.5) is 0 Å². The molecule has 1 saturated carbocycles. The summed E-state index contributed by atoms with van der Waals surface area (Å²) in [5, 5.41) is 3.81. The van der Waals surface area contributed by atoms with Gasteiger partial charge >= 0.3 is 0 Å². The van der Waals surface area contributed by atoms with Crippen molar-refractivity contribution in [2.75, 3.05) is 5.33 Å². The predicted octanol–water partition coefficient (Wildman–Crippen LogP) is 2.08. The first kappa shape index (κ1) is 10.0. The molecule has 0 aromatic heterocycles. The molecular formula is C9H16BrNO. The van der Waals surface area contributed by atoms with E-state index in [1.165, 1.54) is 6.42 Å². The van der Waals surface area contributed by atoms with Gasteiger partial charge in [0, 0.05) is 17.8 Å². The van der Waals surface area contributed by atoms with Gasteiger partial charge in [-0.25, -0.2) is 0 Å². The van der Waals surface area contributed by atoms with Crippen LogP contribution in [-0.4, -0.2) is 17.3 Å². The SMILES string of the molecule is CC1CCC(NC(=O)CCBr)C1. The van der Waals surface area contributed by atoms with Crippen molar-refractivity contribution in [1.82, 2.24) is 5.32 Å². The highest BCUT2D eigenvalue weighted by molar-refractivity contribution is 9.09. The Kier molecular flexibility index (Phi) is 4.06. The maximum atomic E-state index is 11.2. The summed E-state index contributed by atoms with van der Waals surface area (Å²) in [6.07, 6.45) is 4.19. The lowest BCUT2D eigenvalue weighted by atomic mass is 10.1. The van der Waals surface area contributed by atoms with Crippen LogP contribution in [-0.2, 0) is 4.79 Å². The highest BCUT2D eigenvalue weighted by Gasteiger charge is 2.22. The molecule has 1 amide bonds. The zero-order valence-electron chi connectivity index (χ0n) is 7.48. The first-order valence-corrected chi connectivity index (χ1v) is 5.70.